The number of rotatable bonds is 6. The number of carbonyl (C=O) groups is 1. The van der Waals surface area contributed by atoms with Crippen molar-refractivity contribution in [1.82, 2.24) is 10.3 Å². The average Bonchev–Trinajstić information content (AvgIpc) is 3.34. The van der Waals surface area contributed by atoms with Gasteiger partial charge < -0.3 is 10.6 Å². The summed E-state index contributed by atoms with van der Waals surface area (Å²) in [7, 11) is 0. The molecule has 0 aliphatic heterocycles. The monoisotopic (exact) mass is 283 g/mol. The van der Waals surface area contributed by atoms with Gasteiger partial charge in [-0.1, -0.05) is 31.2 Å². The Morgan fingerprint density at radius 1 is 1.33 bits per heavy atom. The van der Waals surface area contributed by atoms with Gasteiger partial charge in [-0.2, -0.15) is 0 Å². The molecular weight excluding hydrogens is 262 g/mol. The van der Waals surface area contributed by atoms with E-state index in [1.807, 2.05) is 30.3 Å². The number of nitrogens with one attached hydrogen (secondary N) is 2. The van der Waals surface area contributed by atoms with E-state index in [2.05, 4.69) is 22.5 Å². The summed E-state index contributed by atoms with van der Waals surface area (Å²) in [5.74, 6) is 1.39. The van der Waals surface area contributed by atoms with Crippen LogP contribution >= 0.6 is 0 Å². The second-order valence-corrected chi connectivity index (χ2v) is 5.66. The average molecular weight is 283 g/mol. The molecule has 1 fully saturated rings. The third-order valence-corrected chi connectivity index (χ3v) is 3.76. The fourth-order valence-corrected chi connectivity index (χ4v) is 2.34. The molecule has 1 heterocycles. The quantitative estimate of drug-likeness (QED) is 0.856. The van der Waals surface area contributed by atoms with Crippen molar-refractivity contribution in [2.45, 2.75) is 26.2 Å². The van der Waals surface area contributed by atoms with Crippen molar-refractivity contribution in [3.63, 3.8) is 0 Å². The molecule has 4 heteroatoms. The van der Waals surface area contributed by atoms with Crippen LogP contribution in [0.25, 0.3) is 10.8 Å². The number of hydrogen-bond donors (Lipinski definition) is 2. The van der Waals surface area contributed by atoms with Crippen LogP contribution in [-0.4, -0.2) is 24.0 Å². The molecule has 21 heavy (non-hydrogen) atoms. The summed E-state index contributed by atoms with van der Waals surface area (Å²) in [5.41, 5.74) is 0.493. The Kier molecular flexibility index (Phi) is 4.04. The summed E-state index contributed by atoms with van der Waals surface area (Å²) < 4.78 is 0. The molecule has 4 nitrogen and oxygen atoms in total. The summed E-state index contributed by atoms with van der Waals surface area (Å²) in [6.07, 6.45) is 3.48. The molecular formula is C17H21N3O. The van der Waals surface area contributed by atoms with E-state index in [1.54, 1.807) is 0 Å². The van der Waals surface area contributed by atoms with Crippen LogP contribution in [0.3, 0.4) is 0 Å². The number of fused-ring (bicyclic) bond motifs is 1. The number of pyridine rings is 1. The van der Waals surface area contributed by atoms with Crippen molar-refractivity contribution in [2.24, 2.45) is 5.92 Å². The lowest BCUT2D eigenvalue weighted by Gasteiger charge is -2.11. The van der Waals surface area contributed by atoms with Crippen molar-refractivity contribution in [2.75, 3.05) is 18.4 Å². The van der Waals surface area contributed by atoms with E-state index in [1.165, 1.54) is 12.8 Å². The molecule has 2 aromatic rings. The van der Waals surface area contributed by atoms with Gasteiger partial charge in [0.25, 0.3) is 5.91 Å². The first-order chi connectivity index (χ1) is 10.3. The molecule has 1 saturated carbocycles. The number of carbonyl (C=O) groups excluding carboxylic acids is 1. The van der Waals surface area contributed by atoms with Gasteiger partial charge in [-0.3, -0.25) is 4.79 Å². The molecule has 1 aromatic heterocycles. The van der Waals surface area contributed by atoms with Gasteiger partial charge in [-0.25, -0.2) is 4.98 Å². The highest BCUT2D eigenvalue weighted by Crippen LogP contribution is 2.28. The highest BCUT2D eigenvalue weighted by molar-refractivity contribution is 6.00. The Balaban J connectivity index is 1.88. The second-order valence-electron chi connectivity index (χ2n) is 5.66. The van der Waals surface area contributed by atoms with Crippen molar-refractivity contribution >= 4 is 22.5 Å². The number of nitrogens with zero attached hydrogens (tertiary/aromatic N) is 1. The summed E-state index contributed by atoms with van der Waals surface area (Å²) in [6.45, 7) is 3.73. The van der Waals surface area contributed by atoms with E-state index < -0.39 is 0 Å². The van der Waals surface area contributed by atoms with E-state index in [4.69, 9.17) is 0 Å². The molecule has 1 aliphatic carbocycles. The Bertz CT molecular complexity index is 650. The van der Waals surface area contributed by atoms with Crippen LogP contribution in [-0.2, 0) is 0 Å². The highest BCUT2D eigenvalue weighted by atomic mass is 16.1. The largest absolute Gasteiger partial charge is 0.370 e. The lowest BCUT2D eigenvalue weighted by Crippen LogP contribution is -2.26. The fraction of sp³-hybridized carbons (Fsp3) is 0.412. The first-order valence-electron chi connectivity index (χ1n) is 7.69. The summed E-state index contributed by atoms with van der Waals surface area (Å²) in [5, 5.41) is 8.40. The molecule has 0 radical (unpaired) electrons. The number of anilines is 1. The van der Waals surface area contributed by atoms with Crippen LogP contribution in [0.1, 0.15) is 36.7 Å². The lowest BCUT2D eigenvalue weighted by molar-refractivity contribution is 0.0947. The van der Waals surface area contributed by atoms with Crippen LogP contribution in [0.2, 0.25) is 0 Å². The molecule has 0 atom stereocenters. The summed E-state index contributed by atoms with van der Waals surface area (Å²) in [6, 6.07) is 9.90. The summed E-state index contributed by atoms with van der Waals surface area (Å²) >= 11 is 0. The molecule has 3 rings (SSSR count). The minimum atomic E-state index is -0.0767. The van der Waals surface area contributed by atoms with Crippen LogP contribution in [0.5, 0.6) is 0 Å². The fourth-order valence-electron chi connectivity index (χ4n) is 2.34. The van der Waals surface area contributed by atoms with Crippen LogP contribution < -0.4 is 10.6 Å². The minimum absolute atomic E-state index is 0.0767. The maximum atomic E-state index is 12.2. The second kappa shape index (κ2) is 6.12. The topological polar surface area (TPSA) is 54.0 Å². The van der Waals surface area contributed by atoms with Gasteiger partial charge >= 0.3 is 0 Å². The van der Waals surface area contributed by atoms with Gasteiger partial charge in [0.05, 0.1) is 0 Å². The maximum absolute atomic E-state index is 12.2. The van der Waals surface area contributed by atoms with Crippen molar-refractivity contribution < 1.29 is 4.79 Å². The van der Waals surface area contributed by atoms with Gasteiger partial charge in [0.15, 0.2) is 0 Å². The predicted molar refractivity (Wildman–Crippen MR) is 85.6 cm³/mol. The maximum Gasteiger partial charge on any atom is 0.270 e. The van der Waals surface area contributed by atoms with E-state index in [0.717, 1.165) is 36.1 Å². The number of hydrogen-bond acceptors (Lipinski definition) is 3. The molecule has 0 unspecified atom stereocenters. The number of aromatic nitrogens is 1. The van der Waals surface area contributed by atoms with E-state index >= 15 is 0 Å². The zero-order chi connectivity index (χ0) is 14.7. The molecule has 0 bridgehead atoms. The Morgan fingerprint density at radius 3 is 2.90 bits per heavy atom. The van der Waals surface area contributed by atoms with Crippen LogP contribution in [0, 0.1) is 5.92 Å². The van der Waals surface area contributed by atoms with E-state index in [9.17, 15) is 4.79 Å². The Labute approximate surface area is 125 Å². The molecule has 110 valence electrons. The molecule has 0 spiro atoms. The van der Waals surface area contributed by atoms with Crippen molar-refractivity contribution in [3.05, 3.63) is 36.0 Å². The number of benzene rings is 1. The van der Waals surface area contributed by atoms with Crippen molar-refractivity contribution in [3.8, 4) is 0 Å². The Hall–Kier alpha value is -2.10. The van der Waals surface area contributed by atoms with Gasteiger partial charge in [-0.15, -0.1) is 0 Å². The first-order valence-corrected chi connectivity index (χ1v) is 7.69. The smallest absolute Gasteiger partial charge is 0.270 e. The van der Waals surface area contributed by atoms with Gasteiger partial charge in [0.2, 0.25) is 0 Å². The zero-order valence-electron chi connectivity index (χ0n) is 12.4. The molecule has 2 N–H and O–H groups in total. The lowest BCUT2D eigenvalue weighted by atomic mass is 10.1. The first kappa shape index (κ1) is 13.9. The van der Waals surface area contributed by atoms with E-state index in [-0.39, 0.29) is 5.91 Å². The van der Waals surface area contributed by atoms with Crippen LogP contribution in [0.4, 0.5) is 5.82 Å². The van der Waals surface area contributed by atoms with E-state index in [0.29, 0.717) is 11.6 Å². The summed E-state index contributed by atoms with van der Waals surface area (Å²) in [4.78, 5) is 16.8. The predicted octanol–water partition coefficient (Wildman–Crippen LogP) is 3.20. The van der Waals surface area contributed by atoms with Gasteiger partial charge in [0.1, 0.15) is 11.5 Å². The van der Waals surface area contributed by atoms with Crippen LogP contribution in [0.15, 0.2) is 30.3 Å². The molecule has 1 aliphatic rings. The number of amides is 1. The molecule has 1 amide bonds. The minimum Gasteiger partial charge on any atom is -0.370 e. The highest BCUT2D eigenvalue weighted by Gasteiger charge is 2.22. The molecule has 0 saturated heterocycles. The van der Waals surface area contributed by atoms with Gasteiger partial charge in [0, 0.05) is 18.5 Å². The Morgan fingerprint density at radius 2 is 2.14 bits per heavy atom. The normalized spacial score (nSPS) is 14.1. The van der Waals surface area contributed by atoms with Crippen molar-refractivity contribution in [1.29, 1.82) is 0 Å². The zero-order valence-corrected chi connectivity index (χ0v) is 12.4. The third kappa shape index (κ3) is 3.32. The SMILES string of the molecule is CCCNc1nc(C(=O)NCC2CC2)cc2ccccc12. The molecule has 1 aromatic carbocycles. The standard InChI is InChI=1S/C17H21N3O/c1-2-9-18-16-14-6-4-3-5-13(14)10-15(20-16)17(21)19-11-12-7-8-12/h3-6,10,12H,2,7-9,11H2,1H3,(H,18,20)(H,19,21). The third-order valence-electron chi connectivity index (χ3n) is 3.76. The van der Waals surface area contributed by atoms with Gasteiger partial charge in [-0.05, 0) is 36.6 Å².